The fourth-order valence-corrected chi connectivity index (χ4v) is 3.54. The first-order valence-electron chi connectivity index (χ1n) is 7.28. The van der Waals surface area contributed by atoms with Crippen LogP contribution in [-0.2, 0) is 0 Å². The Morgan fingerprint density at radius 2 is 1.44 bits per heavy atom. The highest BCUT2D eigenvalue weighted by Crippen LogP contribution is 2.50. The van der Waals surface area contributed by atoms with E-state index in [0.717, 1.165) is 0 Å². The van der Waals surface area contributed by atoms with Gasteiger partial charge in [-0.25, -0.2) is 0 Å². The smallest absolute Gasteiger partial charge is 0.00859 e. The van der Waals surface area contributed by atoms with Crippen LogP contribution in [0.15, 0.2) is 29.8 Å². The molecule has 2 rings (SSSR count). The van der Waals surface area contributed by atoms with Crippen molar-refractivity contribution >= 4 is 5.57 Å². The summed E-state index contributed by atoms with van der Waals surface area (Å²) in [6, 6.07) is 9.02. The van der Waals surface area contributed by atoms with Crippen molar-refractivity contribution in [3.05, 3.63) is 41.0 Å². The van der Waals surface area contributed by atoms with Crippen molar-refractivity contribution in [1.29, 1.82) is 0 Å². The van der Waals surface area contributed by atoms with Crippen molar-refractivity contribution in [2.24, 2.45) is 17.8 Å². The van der Waals surface area contributed by atoms with E-state index in [1.165, 1.54) is 5.56 Å². The van der Waals surface area contributed by atoms with Gasteiger partial charge in [0.25, 0.3) is 0 Å². The normalized spacial score (nSPS) is 19.3. The molecular formula is C18H26. The molecule has 0 saturated carbocycles. The lowest BCUT2D eigenvalue weighted by molar-refractivity contribution is 0.519. The third-order valence-electron chi connectivity index (χ3n) is 4.10. The van der Waals surface area contributed by atoms with Crippen LogP contribution in [0.1, 0.15) is 58.6 Å². The molecule has 0 fully saturated rings. The Balaban J connectivity index is 2.67. The average Bonchev–Trinajstić information content (AvgIpc) is 2.63. The second-order valence-electron chi connectivity index (χ2n) is 6.49. The molecule has 98 valence electrons. The van der Waals surface area contributed by atoms with Gasteiger partial charge in [-0.1, -0.05) is 71.4 Å². The first-order valence-corrected chi connectivity index (χ1v) is 7.28. The molecule has 0 N–H and O–H groups in total. The van der Waals surface area contributed by atoms with E-state index in [1.54, 1.807) is 16.7 Å². The number of hydrogen-bond acceptors (Lipinski definition) is 0. The molecular weight excluding hydrogens is 216 g/mol. The number of allylic oxidation sites excluding steroid dienone is 2. The van der Waals surface area contributed by atoms with E-state index in [0.29, 0.717) is 23.7 Å². The Labute approximate surface area is 112 Å². The molecule has 0 heteroatoms. The van der Waals surface area contributed by atoms with E-state index in [1.807, 2.05) is 0 Å². The van der Waals surface area contributed by atoms with Crippen LogP contribution in [-0.4, -0.2) is 0 Å². The van der Waals surface area contributed by atoms with Gasteiger partial charge >= 0.3 is 0 Å². The third-order valence-corrected chi connectivity index (χ3v) is 4.10. The van der Waals surface area contributed by atoms with Gasteiger partial charge in [0.05, 0.1) is 0 Å². The second kappa shape index (κ2) is 4.91. The predicted octanol–water partition coefficient (Wildman–Crippen LogP) is 5.51. The molecule has 0 nitrogen and oxygen atoms in total. The minimum atomic E-state index is 0.618. The Morgan fingerprint density at radius 1 is 0.833 bits per heavy atom. The Kier molecular flexibility index (Phi) is 3.66. The molecule has 0 bridgehead atoms. The van der Waals surface area contributed by atoms with Crippen molar-refractivity contribution in [3.63, 3.8) is 0 Å². The number of benzene rings is 1. The van der Waals surface area contributed by atoms with E-state index in [9.17, 15) is 0 Å². The van der Waals surface area contributed by atoms with E-state index in [4.69, 9.17) is 0 Å². The van der Waals surface area contributed by atoms with Crippen molar-refractivity contribution < 1.29 is 0 Å². The van der Waals surface area contributed by atoms with E-state index in [-0.39, 0.29) is 0 Å². The van der Waals surface area contributed by atoms with Crippen LogP contribution in [0.2, 0.25) is 0 Å². The highest BCUT2D eigenvalue weighted by Gasteiger charge is 2.34. The molecule has 1 aromatic rings. The van der Waals surface area contributed by atoms with Crippen molar-refractivity contribution in [3.8, 4) is 0 Å². The SMILES string of the molecule is CC(C)C1=C(C(C)C)C(C(C)C)c2ccccc21. The van der Waals surface area contributed by atoms with E-state index in [2.05, 4.69) is 65.8 Å². The summed E-state index contributed by atoms with van der Waals surface area (Å²) in [5, 5.41) is 0. The highest BCUT2D eigenvalue weighted by molar-refractivity contribution is 5.79. The lowest BCUT2D eigenvalue weighted by atomic mass is 9.80. The van der Waals surface area contributed by atoms with Crippen molar-refractivity contribution in [2.75, 3.05) is 0 Å². The molecule has 0 aromatic heterocycles. The van der Waals surface area contributed by atoms with Crippen molar-refractivity contribution in [1.82, 2.24) is 0 Å². The molecule has 0 heterocycles. The highest BCUT2D eigenvalue weighted by atomic mass is 14.4. The van der Waals surface area contributed by atoms with Crippen molar-refractivity contribution in [2.45, 2.75) is 47.5 Å². The molecule has 0 amide bonds. The molecule has 1 aliphatic carbocycles. The molecule has 1 aromatic carbocycles. The Morgan fingerprint density at radius 3 is 1.94 bits per heavy atom. The summed E-state index contributed by atoms with van der Waals surface area (Å²) in [6.45, 7) is 14.1. The number of hydrogen-bond donors (Lipinski definition) is 0. The fraction of sp³-hybridized carbons (Fsp3) is 0.556. The molecule has 0 saturated heterocycles. The Bertz CT molecular complexity index is 461. The van der Waals surface area contributed by atoms with Gasteiger partial charge in [-0.2, -0.15) is 0 Å². The zero-order valence-corrected chi connectivity index (χ0v) is 12.6. The maximum atomic E-state index is 2.35. The third kappa shape index (κ3) is 2.02. The summed E-state index contributed by atoms with van der Waals surface area (Å²) < 4.78 is 0. The zero-order chi connectivity index (χ0) is 13.4. The first kappa shape index (κ1) is 13.4. The van der Waals surface area contributed by atoms with Crippen LogP contribution in [0, 0.1) is 17.8 Å². The van der Waals surface area contributed by atoms with Crippen LogP contribution in [0.25, 0.3) is 5.57 Å². The van der Waals surface area contributed by atoms with Crippen LogP contribution in [0.3, 0.4) is 0 Å². The van der Waals surface area contributed by atoms with Gasteiger partial charge in [0, 0.05) is 5.92 Å². The zero-order valence-electron chi connectivity index (χ0n) is 12.6. The lowest BCUT2D eigenvalue weighted by Crippen LogP contribution is -2.11. The summed E-state index contributed by atoms with van der Waals surface area (Å²) in [4.78, 5) is 0. The predicted molar refractivity (Wildman–Crippen MR) is 80.6 cm³/mol. The summed E-state index contributed by atoms with van der Waals surface area (Å²) in [5.41, 5.74) is 6.36. The van der Waals surface area contributed by atoms with Gasteiger partial charge in [-0.15, -0.1) is 0 Å². The molecule has 0 aliphatic heterocycles. The number of rotatable bonds is 3. The molecule has 1 aliphatic rings. The van der Waals surface area contributed by atoms with Gasteiger partial charge in [-0.3, -0.25) is 0 Å². The number of fused-ring (bicyclic) bond motifs is 1. The van der Waals surface area contributed by atoms with Gasteiger partial charge in [0.15, 0.2) is 0 Å². The summed E-state index contributed by atoms with van der Waals surface area (Å²) in [7, 11) is 0. The summed E-state index contributed by atoms with van der Waals surface area (Å²) in [5.74, 6) is 2.56. The Hall–Kier alpha value is -1.04. The fourth-order valence-electron chi connectivity index (χ4n) is 3.54. The minimum Gasteiger partial charge on any atom is -0.0619 e. The standard InChI is InChI=1S/C18H26/c1-11(2)16-14-9-7-8-10-15(14)17(12(3)4)18(16)13(5)6/h7-13,16H,1-6H3. The second-order valence-corrected chi connectivity index (χ2v) is 6.49. The monoisotopic (exact) mass is 242 g/mol. The molecule has 1 unspecified atom stereocenters. The summed E-state index contributed by atoms with van der Waals surface area (Å²) >= 11 is 0. The van der Waals surface area contributed by atoms with E-state index >= 15 is 0 Å². The largest absolute Gasteiger partial charge is 0.0619 e. The molecule has 18 heavy (non-hydrogen) atoms. The van der Waals surface area contributed by atoms with Crippen LogP contribution < -0.4 is 0 Å². The van der Waals surface area contributed by atoms with Gasteiger partial charge in [0.1, 0.15) is 0 Å². The topological polar surface area (TPSA) is 0 Å². The van der Waals surface area contributed by atoms with Gasteiger partial charge in [-0.05, 0) is 34.5 Å². The lowest BCUT2D eigenvalue weighted by Gasteiger charge is -2.24. The molecule has 0 radical (unpaired) electrons. The molecule has 0 spiro atoms. The quantitative estimate of drug-likeness (QED) is 0.656. The van der Waals surface area contributed by atoms with Crippen LogP contribution in [0.5, 0.6) is 0 Å². The summed E-state index contributed by atoms with van der Waals surface area (Å²) in [6.07, 6.45) is 0. The maximum Gasteiger partial charge on any atom is 0.00859 e. The van der Waals surface area contributed by atoms with Gasteiger partial charge < -0.3 is 0 Å². The maximum absolute atomic E-state index is 2.35. The van der Waals surface area contributed by atoms with E-state index < -0.39 is 0 Å². The first-order chi connectivity index (χ1) is 8.45. The van der Waals surface area contributed by atoms with Gasteiger partial charge in [0.2, 0.25) is 0 Å². The minimum absolute atomic E-state index is 0.618. The van der Waals surface area contributed by atoms with Crippen LogP contribution >= 0.6 is 0 Å². The van der Waals surface area contributed by atoms with Crippen LogP contribution in [0.4, 0.5) is 0 Å². The molecule has 1 atom stereocenters. The average molecular weight is 242 g/mol.